The molecular weight excluding hydrogens is 431 g/mol. The summed E-state index contributed by atoms with van der Waals surface area (Å²) in [6, 6.07) is 16.0. The lowest BCUT2D eigenvalue weighted by Crippen LogP contribution is -2.31. The fourth-order valence-electron chi connectivity index (χ4n) is 3.06. The first-order chi connectivity index (χ1) is 15.2. The zero-order valence-corrected chi connectivity index (χ0v) is 19.8. The van der Waals surface area contributed by atoms with Gasteiger partial charge in [0.05, 0.1) is 6.10 Å². The molecule has 2 aromatic heterocycles. The summed E-state index contributed by atoms with van der Waals surface area (Å²) in [5.41, 5.74) is 0. The molecule has 0 aliphatic carbocycles. The molecule has 0 amide bonds. The van der Waals surface area contributed by atoms with Gasteiger partial charge in [0.2, 0.25) is 0 Å². The summed E-state index contributed by atoms with van der Waals surface area (Å²) < 4.78 is 43.1. The summed E-state index contributed by atoms with van der Waals surface area (Å²) in [5.74, 6) is 2.21. The highest BCUT2D eigenvalue weighted by Gasteiger charge is 2.45. The second-order valence-electron chi connectivity index (χ2n) is 8.15. The predicted octanol–water partition coefficient (Wildman–Crippen LogP) is 5.36. The van der Waals surface area contributed by atoms with E-state index in [2.05, 4.69) is 0 Å². The van der Waals surface area contributed by atoms with Gasteiger partial charge in [-0.1, -0.05) is 18.2 Å². The van der Waals surface area contributed by atoms with Crippen LogP contribution in [0.5, 0.6) is 0 Å². The van der Waals surface area contributed by atoms with E-state index in [1.807, 2.05) is 38.1 Å². The first-order valence-electron chi connectivity index (χ1n) is 10.6. The summed E-state index contributed by atoms with van der Waals surface area (Å²) in [7, 11) is -3.50. The molecule has 2 heterocycles. The van der Waals surface area contributed by atoms with Crippen LogP contribution >= 0.6 is 7.37 Å². The van der Waals surface area contributed by atoms with Crippen molar-refractivity contribution in [3.63, 3.8) is 0 Å². The third-order valence-electron chi connectivity index (χ3n) is 4.91. The normalized spacial score (nSPS) is 14.1. The van der Waals surface area contributed by atoms with Crippen LogP contribution in [-0.2, 0) is 45.0 Å². The van der Waals surface area contributed by atoms with E-state index in [0.29, 0.717) is 35.0 Å². The Labute approximate surface area is 188 Å². The number of hydrogen-bond acceptors (Lipinski definition) is 7. The molecule has 1 aromatic carbocycles. The molecule has 7 nitrogen and oxygen atoms in total. The second kappa shape index (κ2) is 10.6. The Morgan fingerprint density at radius 2 is 1.44 bits per heavy atom. The van der Waals surface area contributed by atoms with Crippen LogP contribution < -0.4 is 5.30 Å². The van der Waals surface area contributed by atoms with Crippen LogP contribution in [0.3, 0.4) is 0 Å². The van der Waals surface area contributed by atoms with Crippen LogP contribution in [0.2, 0.25) is 0 Å². The van der Waals surface area contributed by atoms with Crippen molar-refractivity contribution < 1.29 is 32.5 Å². The molecule has 0 saturated carbocycles. The summed E-state index contributed by atoms with van der Waals surface area (Å²) in [6.45, 7) is 7.67. The van der Waals surface area contributed by atoms with Gasteiger partial charge in [-0.3, -0.25) is 4.57 Å². The Morgan fingerprint density at radius 3 is 2.03 bits per heavy atom. The Balaban J connectivity index is 1.76. The molecule has 32 heavy (non-hydrogen) atoms. The van der Waals surface area contributed by atoms with E-state index in [0.717, 1.165) is 0 Å². The molecule has 0 aliphatic rings. The highest BCUT2D eigenvalue weighted by atomic mass is 31.2. The van der Waals surface area contributed by atoms with E-state index in [9.17, 15) is 9.67 Å². The van der Waals surface area contributed by atoms with E-state index in [4.69, 9.17) is 22.8 Å². The Morgan fingerprint density at radius 1 is 0.875 bits per heavy atom. The van der Waals surface area contributed by atoms with E-state index in [1.165, 1.54) is 0 Å². The van der Waals surface area contributed by atoms with Crippen molar-refractivity contribution in [1.29, 1.82) is 0 Å². The molecule has 0 fully saturated rings. The van der Waals surface area contributed by atoms with Gasteiger partial charge in [0.15, 0.2) is 0 Å². The number of ether oxygens (including phenoxy) is 2. The highest BCUT2D eigenvalue weighted by Crippen LogP contribution is 2.59. The van der Waals surface area contributed by atoms with Gasteiger partial charge in [-0.05, 0) is 64.1 Å². The first-order valence-corrected chi connectivity index (χ1v) is 12.2. The van der Waals surface area contributed by atoms with Crippen LogP contribution in [0, 0.1) is 0 Å². The maximum atomic E-state index is 14.2. The van der Waals surface area contributed by atoms with Crippen LogP contribution in [0.15, 0.2) is 63.4 Å². The van der Waals surface area contributed by atoms with Gasteiger partial charge in [0.1, 0.15) is 54.8 Å². The third kappa shape index (κ3) is 6.00. The zero-order chi connectivity index (χ0) is 23.2. The Hall–Kier alpha value is -2.15. The lowest BCUT2D eigenvalue weighted by atomic mass is 10.4. The second-order valence-corrected chi connectivity index (χ2v) is 11.1. The largest absolute Gasteiger partial charge is 0.461 e. The van der Waals surface area contributed by atoms with E-state index in [-0.39, 0.29) is 25.9 Å². The summed E-state index contributed by atoms with van der Waals surface area (Å²) >= 11 is 0. The molecule has 3 aromatic rings. The molecule has 1 unspecified atom stereocenters. The topological polar surface area (TPSA) is 91.3 Å². The van der Waals surface area contributed by atoms with Crippen molar-refractivity contribution in [1.82, 2.24) is 0 Å². The maximum absolute atomic E-state index is 14.2. The van der Waals surface area contributed by atoms with Gasteiger partial charge in [-0.2, -0.15) is 0 Å². The SMILES string of the molecule is CC(C)OCc1ccc(COP(=O)(c2ccccc2)C(C)(C)OCc2ccc(CO)o2)o1. The third-order valence-corrected chi connectivity index (χ3v) is 7.93. The molecule has 3 rings (SSSR count). The van der Waals surface area contributed by atoms with Gasteiger partial charge < -0.3 is 27.9 Å². The van der Waals surface area contributed by atoms with Crippen molar-refractivity contribution in [2.45, 2.75) is 65.6 Å². The minimum Gasteiger partial charge on any atom is -0.461 e. The van der Waals surface area contributed by atoms with Crippen LogP contribution in [0.1, 0.15) is 50.7 Å². The van der Waals surface area contributed by atoms with Crippen LogP contribution in [-0.4, -0.2) is 16.6 Å². The molecule has 8 heteroatoms. The van der Waals surface area contributed by atoms with Crippen molar-refractivity contribution in [2.24, 2.45) is 0 Å². The molecule has 0 aliphatic heterocycles. The smallest absolute Gasteiger partial charge is 0.262 e. The quantitative estimate of drug-likeness (QED) is 0.362. The molecule has 1 atom stereocenters. The van der Waals surface area contributed by atoms with Gasteiger partial charge >= 0.3 is 0 Å². The Bertz CT molecular complexity index is 1020. The summed E-state index contributed by atoms with van der Waals surface area (Å²) in [6.07, 6.45) is 0.0960. The molecular formula is C24H31O7P. The average molecular weight is 462 g/mol. The minimum atomic E-state index is -3.50. The highest BCUT2D eigenvalue weighted by molar-refractivity contribution is 7.68. The standard InChI is InChI=1S/C24H31O7P/c1-18(2)27-15-20-12-13-22(31-20)17-29-32(26,23-8-6-5-7-9-23)24(3,4)28-16-21-11-10-19(14-25)30-21/h5-13,18,25H,14-17H2,1-4H3. The van der Waals surface area contributed by atoms with Crippen LogP contribution in [0.4, 0.5) is 0 Å². The molecule has 0 bridgehead atoms. The predicted molar refractivity (Wildman–Crippen MR) is 121 cm³/mol. The van der Waals surface area contributed by atoms with Crippen molar-refractivity contribution >= 4 is 12.7 Å². The van der Waals surface area contributed by atoms with Gasteiger partial charge in [-0.25, -0.2) is 0 Å². The maximum Gasteiger partial charge on any atom is 0.262 e. The minimum absolute atomic E-state index is 0.0239. The van der Waals surface area contributed by atoms with Crippen molar-refractivity contribution in [3.8, 4) is 0 Å². The van der Waals surface area contributed by atoms with Gasteiger partial charge in [0.25, 0.3) is 7.37 Å². The number of aliphatic hydroxyl groups excluding tert-OH is 1. The van der Waals surface area contributed by atoms with Crippen molar-refractivity contribution in [2.75, 3.05) is 0 Å². The first kappa shape index (κ1) is 24.5. The van der Waals surface area contributed by atoms with Gasteiger partial charge in [-0.15, -0.1) is 0 Å². The monoisotopic (exact) mass is 462 g/mol. The summed E-state index contributed by atoms with van der Waals surface area (Å²) in [5, 5.41) is 8.58. The zero-order valence-electron chi connectivity index (χ0n) is 18.9. The van der Waals surface area contributed by atoms with Gasteiger partial charge in [0, 0.05) is 5.30 Å². The fourth-order valence-corrected chi connectivity index (χ4v) is 5.25. The lowest BCUT2D eigenvalue weighted by molar-refractivity contribution is 0.00991. The summed E-state index contributed by atoms with van der Waals surface area (Å²) in [4.78, 5) is 0. The van der Waals surface area contributed by atoms with Crippen molar-refractivity contribution in [3.05, 3.63) is 77.6 Å². The molecule has 1 N–H and O–H groups in total. The molecule has 0 spiro atoms. The lowest BCUT2D eigenvalue weighted by Gasteiger charge is -2.34. The number of rotatable bonds is 12. The van der Waals surface area contributed by atoms with E-state index in [1.54, 1.807) is 44.2 Å². The Kier molecular flexibility index (Phi) is 8.15. The number of furan rings is 2. The number of aliphatic hydroxyl groups is 1. The number of hydrogen-bond donors (Lipinski definition) is 1. The molecule has 0 saturated heterocycles. The average Bonchev–Trinajstić information content (AvgIpc) is 3.44. The fraction of sp³-hybridized carbons (Fsp3) is 0.417. The number of benzene rings is 1. The molecule has 174 valence electrons. The molecule has 0 radical (unpaired) electrons. The van der Waals surface area contributed by atoms with E-state index >= 15 is 0 Å². The van der Waals surface area contributed by atoms with E-state index < -0.39 is 12.7 Å². The van der Waals surface area contributed by atoms with Crippen LogP contribution in [0.25, 0.3) is 0 Å².